The van der Waals surface area contributed by atoms with Gasteiger partial charge in [-0.1, -0.05) is 6.58 Å². The molecule has 0 bridgehead atoms. The summed E-state index contributed by atoms with van der Waals surface area (Å²) in [4.78, 5) is 0. The van der Waals surface area contributed by atoms with Gasteiger partial charge in [0.05, 0.1) is 0 Å². The third kappa shape index (κ3) is 4.88. The largest absolute Gasteiger partial charge is 0.383 e. The number of nitrogens with two attached hydrogens (primary N) is 1. The molecule has 0 aliphatic carbocycles. The molecule has 3 nitrogen and oxygen atoms in total. The van der Waals surface area contributed by atoms with Crippen LogP contribution >= 0.6 is 0 Å². The first-order chi connectivity index (χ1) is 3.77. The second-order valence-corrected chi connectivity index (χ2v) is 1.28. The molecule has 0 fully saturated rings. The van der Waals surface area contributed by atoms with E-state index >= 15 is 0 Å². The number of hydrogen-bond donors (Lipinski definition) is 2. The third-order valence-corrected chi connectivity index (χ3v) is 0.433. The first kappa shape index (κ1) is 6.88. The predicted octanol–water partition coefficient (Wildman–Crippen LogP) is -1.38. The number of nitrogens with zero attached hydrogens (tertiary/aromatic N) is 1. The van der Waals surface area contributed by atoms with Crippen LogP contribution in [0.25, 0.3) is 0 Å². The molecule has 0 aromatic heterocycles. The molecule has 0 unspecified atom stereocenters. The van der Waals surface area contributed by atoms with E-state index in [4.69, 9.17) is 5.73 Å². The Balaban J connectivity index is 3.57. The number of nitrogens with one attached hydrogen (secondary N) is 1. The van der Waals surface area contributed by atoms with E-state index in [1.54, 1.807) is 19.2 Å². The molecule has 0 saturated carbocycles. The smallest absolute Gasteiger partial charge is 0.193 e. The molecule has 0 aliphatic heterocycles. The fourth-order valence-corrected chi connectivity index (χ4v) is 0.192. The van der Waals surface area contributed by atoms with Crippen molar-refractivity contribution in [2.45, 2.75) is 6.92 Å². The SMILES string of the molecule is C=CC=[NH+]N=C(C)N. The van der Waals surface area contributed by atoms with Gasteiger partial charge in [-0.3, -0.25) is 0 Å². The van der Waals surface area contributed by atoms with Crippen LogP contribution in [-0.2, 0) is 0 Å². The molecule has 0 saturated heterocycles. The van der Waals surface area contributed by atoms with Gasteiger partial charge in [-0.05, 0) is 13.0 Å². The zero-order valence-electron chi connectivity index (χ0n) is 4.89. The Morgan fingerprint density at radius 1 is 1.88 bits per heavy atom. The lowest BCUT2D eigenvalue weighted by Crippen LogP contribution is -2.62. The van der Waals surface area contributed by atoms with Gasteiger partial charge in [0, 0.05) is 5.10 Å². The Hall–Kier alpha value is -1.12. The van der Waals surface area contributed by atoms with Crippen LogP contribution in [0.3, 0.4) is 0 Å². The van der Waals surface area contributed by atoms with E-state index in [0.29, 0.717) is 5.84 Å². The van der Waals surface area contributed by atoms with Crippen molar-refractivity contribution in [3.63, 3.8) is 0 Å². The summed E-state index contributed by atoms with van der Waals surface area (Å²) in [5.41, 5.74) is 5.17. The van der Waals surface area contributed by atoms with Crippen LogP contribution in [0, 0.1) is 0 Å². The Morgan fingerprint density at radius 3 is 2.88 bits per heavy atom. The van der Waals surface area contributed by atoms with Crippen LogP contribution in [0.2, 0.25) is 0 Å². The average Bonchev–Trinajstić information content (AvgIpc) is 1.66. The Bertz CT molecular complexity index is 120. The van der Waals surface area contributed by atoms with Crippen molar-refractivity contribution in [3.05, 3.63) is 12.7 Å². The fraction of sp³-hybridized carbons (Fsp3) is 0.200. The number of hydrazone groups is 1. The molecule has 0 atom stereocenters. The second-order valence-electron chi connectivity index (χ2n) is 1.28. The van der Waals surface area contributed by atoms with Crippen LogP contribution in [0.5, 0.6) is 0 Å². The van der Waals surface area contributed by atoms with E-state index in [1.807, 2.05) is 0 Å². The molecule has 0 heterocycles. The van der Waals surface area contributed by atoms with Gasteiger partial charge in [-0.15, -0.1) is 5.10 Å². The number of rotatable bonds is 2. The highest BCUT2D eigenvalue weighted by molar-refractivity contribution is 5.76. The molecule has 0 radical (unpaired) electrons. The summed E-state index contributed by atoms with van der Waals surface area (Å²) in [7, 11) is 0. The van der Waals surface area contributed by atoms with Crippen molar-refractivity contribution in [2.75, 3.05) is 0 Å². The molecular formula is C5H10N3+. The number of allylic oxidation sites excluding steroid dienone is 1. The third-order valence-electron chi connectivity index (χ3n) is 0.433. The minimum atomic E-state index is 0.503. The van der Waals surface area contributed by atoms with Crippen molar-refractivity contribution in [2.24, 2.45) is 10.8 Å². The lowest BCUT2D eigenvalue weighted by atomic mass is 10.7. The van der Waals surface area contributed by atoms with Gasteiger partial charge < -0.3 is 5.73 Å². The minimum Gasteiger partial charge on any atom is -0.383 e. The maximum Gasteiger partial charge on any atom is 0.193 e. The topological polar surface area (TPSA) is 52.3 Å². The first-order valence-electron chi connectivity index (χ1n) is 2.27. The van der Waals surface area contributed by atoms with E-state index in [-0.39, 0.29) is 0 Å². The zero-order valence-corrected chi connectivity index (χ0v) is 4.89. The van der Waals surface area contributed by atoms with E-state index in [2.05, 4.69) is 16.8 Å². The van der Waals surface area contributed by atoms with Gasteiger partial charge in [-0.25, -0.2) is 0 Å². The van der Waals surface area contributed by atoms with E-state index in [1.165, 1.54) is 0 Å². The van der Waals surface area contributed by atoms with Gasteiger partial charge in [-0.2, -0.15) is 0 Å². The summed E-state index contributed by atoms with van der Waals surface area (Å²) in [5.74, 6) is 0.503. The Labute approximate surface area is 48.6 Å². The molecule has 0 spiro atoms. The van der Waals surface area contributed by atoms with Gasteiger partial charge >= 0.3 is 0 Å². The summed E-state index contributed by atoms with van der Waals surface area (Å²) in [6.45, 7) is 5.13. The van der Waals surface area contributed by atoms with Crippen LogP contribution < -0.4 is 10.8 Å². The second kappa shape index (κ2) is 4.05. The van der Waals surface area contributed by atoms with Gasteiger partial charge in [0.25, 0.3) is 0 Å². The molecule has 3 N–H and O–H groups in total. The summed E-state index contributed by atoms with van der Waals surface area (Å²) < 4.78 is 0. The molecule has 3 heteroatoms. The summed E-state index contributed by atoms with van der Waals surface area (Å²) in [5, 5.41) is 6.19. The molecule has 44 valence electrons. The van der Waals surface area contributed by atoms with Crippen LogP contribution in [0.4, 0.5) is 0 Å². The summed E-state index contributed by atoms with van der Waals surface area (Å²) in [6.07, 6.45) is 3.18. The minimum absolute atomic E-state index is 0.503. The highest BCUT2D eigenvalue weighted by Gasteiger charge is 1.74. The highest BCUT2D eigenvalue weighted by atomic mass is 15.2. The predicted molar refractivity (Wildman–Crippen MR) is 34.5 cm³/mol. The molecule has 8 heavy (non-hydrogen) atoms. The molecule has 0 rings (SSSR count). The van der Waals surface area contributed by atoms with Crippen molar-refractivity contribution in [3.8, 4) is 0 Å². The van der Waals surface area contributed by atoms with Crippen LogP contribution in [-0.4, -0.2) is 12.1 Å². The molecule has 0 amide bonds. The van der Waals surface area contributed by atoms with E-state index in [0.717, 1.165) is 0 Å². The van der Waals surface area contributed by atoms with Gasteiger partial charge in [0.2, 0.25) is 0 Å². The quantitative estimate of drug-likeness (QED) is 0.258. The summed E-state index contributed by atoms with van der Waals surface area (Å²) in [6, 6.07) is 0. The Kier molecular flexibility index (Phi) is 3.48. The standard InChI is InChI=1S/C5H9N3/c1-3-4-7-8-5(2)6/h3-4H,1H2,2H3,(H2,6,8)/p+1. The van der Waals surface area contributed by atoms with Crippen molar-refractivity contribution in [1.29, 1.82) is 0 Å². The average molecular weight is 112 g/mol. The van der Waals surface area contributed by atoms with Crippen molar-refractivity contribution < 1.29 is 5.10 Å². The monoisotopic (exact) mass is 112 g/mol. The maximum atomic E-state index is 5.17. The normalized spacial score (nSPS) is 12.4. The highest BCUT2D eigenvalue weighted by Crippen LogP contribution is 1.46. The van der Waals surface area contributed by atoms with E-state index in [9.17, 15) is 0 Å². The Morgan fingerprint density at radius 2 is 2.50 bits per heavy atom. The van der Waals surface area contributed by atoms with Crippen LogP contribution in [0.15, 0.2) is 17.8 Å². The lowest BCUT2D eigenvalue weighted by molar-refractivity contribution is -0.456. The first-order valence-corrected chi connectivity index (χ1v) is 2.27. The van der Waals surface area contributed by atoms with Crippen molar-refractivity contribution >= 4 is 12.1 Å². The molecule has 0 aromatic carbocycles. The molecule has 0 aliphatic rings. The van der Waals surface area contributed by atoms with Gasteiger partial charge in [0.1, 0.15) is 0 Å². The lowest BCUT2D eigenvalue weighted by Gasteiger charge is -1.72. The number of amidine groups is 1. The number of hydrogen-bond acceptors (Lipinski definition) is 1. The molecular weight excluding hydrogens is 102 g/mol. The fourth-order valence-electron chi connectivity index (χ4n) is 0.192. The van der Waals surface area contributed by atoms with Crippen LogP contribution in [0.1, 0.15) is 6.92 Å². The maximum absolute atomic E-state index is 5.17. The zero-order chi connectivity index (χ0) is 6.41. The van der Waals surface area contributed by atoms with Gasteiger partial charge in [0.15, 0.2) is 12.1 Å². The summed E-state index contributed by atoms with van der Waals surface area (Å²) >= 11 is 0. The van der Waals surface area contributed by atoms with E-state index < -0.39 is 0 Å². The van der Waals surface area contributed by atoms with Crippen molar-refractivity contribution in [1.82, 2.24) is 0 Å². The molecule has 0 aromatic rings.